The fourth-order valence-corrected chi connectivity index (χ4v) is 6.50. The maximum atomic E-state index is 14.0. The first-order valence-electron chi connectivity index (χ1n) is 15.4. The Morgan fingerprint density at radius 1 is 1.17 bits per heavy atom. The number of phenolic OH excluding ortho intramolecular Hbond substituents is 1. The number of hydrogen-bond acceptors (Lipinski definition) is 13. The fraction of sp³-hybridized carbons (Fsp3) is 0.429. The van der Waals surface area contributed by atoms with Gasteiger partial charge in [-0.2, -0.15) is 0 Å². The zero-order chi connectivity index (χ0) is 33.9. The van der Waals surface area contributed by atoms with E-state index in [9.17, 15) is 24.9 Å². The van der Waals surface area contributed by atoms with Crippen LogP contribution in [0.1, 0.15) is 22.8 Å². The van der Waals surface area contributed by atoms with Crippen molar-refractivity contribution in [1.82, 2.24) is 5.32 Å². The summed E-state index contributed by atoms with van der Waals surface area (Å²) in [5, 5.41) is 36.3. The first-order chi connectivity index (χ1) is 23.0. The van der Waals surface area contributed by atoms with Crippen molar-refractivity contribution in [3.63, 3.8) is 0 Å². The highest BCUT2D eigenvalue weighted by molar-refractivity contribution is 6.08. The molecule has 250 valence electrons. The summed E-state index contributed by atoms with van der Waals surface area (Å²) in [6, 6.07) is 5.74. The molecule has 7 rings (SSSR count). The number of aliphatic hydroxyl groups excluding tert-OH is 2. The maximum absolute atomic E-state index is 14.0. The van der Waals surface area contributed by atoms with E-state index in [2.05, 4.69) is 29.0 Å². The minimum atomic E-state index is -1.24. The van der Waals surface area contributed by atoms with E-state index < -0.39 is 72.8 Å². The number of phenols is 1. The Labute approximate surface area is 275 Å². The molecule has 2 aliphatic carbocycles. The van der Waals surface area contributed by atoms with Crippen molar-refractivity contribution in [3.05, 3.63) is 58.7 Å². The Bertz CT molecular complexity index is 1880. The van der Waals surface area contributed by atoms with E-state index in [4.69, 9.17) is 33.2 Å². The molecule has 48 heavy (non-hydrogen) atoms. The third-order valence-electron chi connectivity index (χ3n) is 9.23. The predicted molar refractivity (Wildman–Crippen MR) is 166 cm³/mol. The van der Waals surface area contributed by atoms with Gasteiger partial charge >= 0.3 is 12.1 Å². The molecule has 0 bridgehead atoms. The van der Waals surface area contributed by atoms with Crippen molar-refractivity contribution in [2.45, 2.75) is 74.5 Å². The number of likely N-dealkylation sites (N-methyl/N-ethyl adjacent to an activating group) is 1. The Kier molecular flexibility index (Phi) is 8.08. The molecule has 3 fully saturated rings. The summed E-state index contributed by atoms with van der Waals surface area (Å²) in [4.78, 5) is 25.7. The quantitative estimate of drug-likeness (QED) is 0.191. The topological polar surface area (TPSA) is 175 Å². The van der Waals surface area contributed by atoms with E-state index in [1.54, 1.807) is 38.3 Å². The number of methoxy groups -OCH3 is 1. The van der Waals surface area contributed by atoms with Gasteiger partial charge in [0, 0.05) is 16.5 Å². The van der Waals surface area contributed by atoms with E-state index in [0.717, 1.165) is 10.9 Å². The van der Waals surface area contributed by atoms with Gasteiger partial charge in [-0.25, -0.2) is 9.59 Å². The summed E-state index contributed by atoms with van der Waals surface area (Å²) in [6.45, 7) is 3.42. The van der Waals surface area contributed by atoms with Gasteiger partial charge in [-0.15, -0.1) is 0 Å². The van der Waals surface area contributed by atoms with E-state index in [0.29, 0.717) is 22.3 Å². The van der Waals surface area contributed by atoms with Crippen LogP contribution in [0, 0.1) is 30.6 Å². The number of aliphatic hydroxyl groups is 2. The lowest BCUT2D eigenvalue weighted by Gasteiger charge is -2.42. The third kappa shape index (κ3) is 5.35. The van der Waals surface area contributed by atoms with E-state index in [-0.39, 0.29) is 17.9 Å². The van der Waals surface area contributed by atoms with Crippen molar-refractivity contribution in [3.8, 4) is 35.2 Å². The Hall–Kier alpha value is -4.60. The number of cyclic esters (lactones) is 2. The highest BCUT2D eigenvalue weighted by Crippen LogP contribution is 2.44. The second-order valence-corrected chi connectivity index (χ2v) is 12.1. The van der Waals surface area contributed by atoms with Gasteiger partial charge in [0.05, 0.1) is 19.3 Å². The van der Waals surface area contributed by atoms with Crippen LogP contribution in [0.15, 0.2) is 47.6 Å². The van der Waals surface area contributed by atoms with Gasteiger partial charge in [0.25, 0.3) is 0 Å². The molecule has 0 spiro atoms. The standard InChI is InChI=1S/C35H33NO12/c1-16-12-19(42-4)14-22-20(16)8-9-23(37)27(22)32(40)45-24-13-18-10-11-35(26-15-43-34(41)46-26)25(48-35)7-5-6-21(18)31(24)47-33-28(36-3)30(39)29(38)17(2)44-33/h6,8-9,12-14,17,24-26,28-31,33,36-39H,15H2,1-4H3/b21-6+/t17-,24-,25-,26+,28-,29-,30-,31-,33+,35+/m0/s1. The van der Waals surface area contributed by atoms with Crippen molar-refractivity contribution >= 4 is 22.9 Å². The van der Waals surface area contributed by atoms with Gasteiger partial charge in [0.1, 0.15) is 42.0 Å². The molecule has 4 N–H and O–H groups in total. The van der Waals surface area contributed by atoms with Crippen LogP contribution in [0.4, 0.5) is 4.79 Å². The zero-order valence-corrected chi connectivity index (χ0v) is 26.4. The molecular formula is C35H33NO12. The normalized spacial score (nSPS) is 35.7. The largest absolute Gasteiger partial charge is 0.508 e. The summed E-state index contributed by atoms with van der Waals surface area (Å²) in [5.74, 6) is 11.4. The molecule has 0 saturated carbocycles. The Morgan fingerprint density at radius 3 is 2.71 bits per heavy atom. The first kappa shape index (κ1) is 32.0. The van der Waals surface area contributed by atoms with Crippen LogP contribution in [0.5, 0.6) is 11.5 Å². The molecule has 10 atom stereocenters. The molecule has 0 radical (unpaired) electrons. The molecule has 0 amide bonds. The monoisotopic (exact) mass is 659 g/mol. The van der Waals surface area contributed by atoms with Crippen molar-refractivity contribution in [2.24, 2.45) is 0 Å². The lowest BCUT2D eigenvalue weighted by atomic mass is 9.97. The van der Waals surface area contributed by atoms with Gasteiger partial charge in [0.2, 0.25) is 5.60 Å². The minimum absolute atomic E-state index is 0.0490. The number of ether oxygens (including phenoxy) is 7. The van der Waals surface area contributed by atoms with Crippen LogP contribution in [0.25, 0.3) is 10.8 Å². The minimum Gasteiger partial charge on any atom is -0.507 e. The highest BCUT2D eigenvalue weighted by atomic mass is 16.8. The number of fused-ring (bicyclic) bond motifs is 3. The van der Waals surface area contributed by atoms with Crippen LogP contribution in [0.2, 0.25) is 0 Å². The highest BCUT2D eigenvalue weighted by Gasteiger charge is 2.65. The number of nitrogens with one attached hydrogen (secondary N) is 1. The summed E-state index contributed by atoms with van der Waals surface area (Å²) in [7, 11) is 3.10. The molecule has 13 nitrogen and oxygen atoms in total. The fourth-order valence-electron chi connectivity index (χ4n) is 6.50. The molecule has 2 aromatic rings. The zero-order valence-electron chi connectivity index (χ0n) is 26.4. The smallest absolute Gasteiger partial charge is 0.507 e. The first-order valence-corrected chi connectivity index (χ1v) is 15.4. The molecule has 3 heterocycles. The van der Waals surface area contributed by atoms with Gasteiger partial charge < -0.3 is 53.8 Å². The maximum Gasteiger partial charge on any atom is 0.508 e. The van der Waals surface area contributed by atoms with Crippen molar-refractivity contribution < 1.29 is 58.1 Å². The number of carbonyl (C=O) groups excluding carboxylic acids is 2. The van der Waals surface area contributed by atoms with E-state index >= 15 is 0 Å². The van der Waals surface area contributed by atoms with E-state index in [1.165, 1.54) is 13.2 Å². The lowest BCUT2D eigenvalue weighted by molar-refractivity contribution is -0.273. The molecular weight excluding hydrogens is 626 g/mol. The number of aromatic hydroxyl groups is 1. The van der Waals surface area contributed by atoms with Crippen molar-refractivity contribution in [2.75, 3.05) is 20.8 Å². The lowest BCUT2D eigenvalue weighted by Crippen LogP contribution is -2.62. The molecule has 3 saturated heterocycles. The number of benzene rings is 2. The van der Waals surface area contributed by atoms with Crippen LogP contribution in [-0.2, 0) is 28.4 Å². The van der Waals surface area contributed by atoms with Crippen molar-refractivity contribution in [1.29, 1.82) is 0 Å². The van der Waals surface area contributed by atoms with Gasteiger partial charge in [-0.3, -0.25) is 0 Å². The number of esters is 1. The van der Waals surface area contributed by atoms with Crippen LogP contribution in [0.3, 0.4) is 0 Å². The summed E-state index contributed by atoms with van der Waals surface area (Å²) in [6.07, 6.45) is -5.56. The van der Waals surface area contributed by atoms with Gasteiger partial charge in [-0.1, -0.05) is 29.7 Å². The average molecular weight is 660 g/mol. The van der Waals surface area contributed by atoms with Crippen LogP contribution in [-0.4, -0.2) is 109 Å². The number of allylic oxidation sites excluding steroid dienone is 1. The molecule has 0 unspecified atom stereocenters. The van der Waals surface area contributed by atoms with Gasteiger partial charge in [-0.05, 0) is 62.2 Å². The number of aryl methyl sites for hydroxylation is 1. The average Bonchev–Trinajstić information content (AvgIpc) is 3.39. The Balaban J connectivity index is 1.27. The molecule has 0 aromatic heterocycles. The SMILES string of the molecule is CN[C@@H]1[C@@H](O[C@H]2/C3=C/C#C[C@@H]4O[C@]4([C@H]4COC(=O)O4)C#CC3=C[C@@H]2OC(=O)c2c(O)ccc3c(C)cc(OC)cc23)O[C@@H](C)[C@H](O)[C@H]1O. The second kappa shape index (κ2) is 12.1. The van der Waals surface area contributed by atoms with E-state index in [1.807, 2.05) is 13.0 Å². The summed E-state index contributed by atoms with van der Waals surface area (Å²) < 4.78 is 40.0. The Morgan fingerprint density at radius 2 is 1.98 bits per heavy atom. The van der Waals surface area contributed by atoms with Crippen LogP contribution < -0.4 is 10.1 Å². The van der Waals surface area contributed by atoms with Gasteiger partial charge in [0.15, 0.2) is 24.6 Å². The second-order valence-electron chi connectivity index (χ2n) is 12.1. The predicted octanol–water partition coefficient (Wildman–Crippen LogP) is 1.39. The number of hydrogen-bond donors (Lipinski definition) is 4. The summed E-state index contributed by atoms with van der Waals surface area (Å²) >= 11 is 0. The number of epoxide rings is 1. The summed E-state index contributed by atoms with van der Waals surface area (Å²) in [5.41, 5.74) is 0.400. The molecule has 5 aliphatic rings. The third-order valence-corrected chi connectivity index (χ3v) is 9.23. The molecule has 3 aliphatic heterocycles. The number of carbonyl (C=O) groups is 2. The number of rotatable bonds is 7. The van der Waals surface area contributed by atoms with Crippen LogP contribution >= 0.6 is 0 Å². The molecule has 2 aromatic carbocycles. The molecule has 13 heteroatoms.